The molecule has 0 saturated carbocycles. The third-order valence-corrected chi connectivity index (χ3v) is 8.53. The number of hydrogen-bond acceptors (Lipinski definition) is 7. The number of nitrogens with zero attached hydrogens (tertiary/aromatic N) is 1. The smallest absolute Gasteiger partial charge is 0.256 e. The Morgan fingerprint density at radius 2 is 1.82 bits per heavy atom. The normalized spacial score (nSPS) is 12.3. The molecule has 5 aromatic rings. The van der Waals surface area contributed by atoms with Crippen LogP contribution in [0, 0.1) is 6.92 Å². The van der Waals surface area contributed by atoms with Crippen LogP contribution in [0.25, 0.3) is 20.8 Å². The number of nitrogens with one attached hydrogen (secondary N) is 1. The van der Waals surface area contributed by atoms with Crippen molar-refractivity contribution in [2.45, 2.75) is 33.3 Å². The zero-order valence-corrected chi connectivity index (χ0v) is 22.9. The molecule has 0 unspecified atom stereocenters. The molecule has 0 fully saturated rings. The number of rotatable bonds is 7. The summed E-state index contributed by atoms with van der Waals surface area (Å²) in [5.41, 5.74) is 4.73. The number of anilines is 1. The summed E-state index contributed by atoms with van der Waals surface area (Å²) < 4.78 is 17.9. The Labute approximate surface area is 228 Å². The monoisotopic (exact) mass is 542 g/mol. The van der Waals surface area contributed by atoms with Crippen LogP contribution >= 0.6 is 22.7 Å². The number of hydrogen-bond donors (Lipinski definition) is 1. The first-order valence-electron chi connectivity index (χ1n) is 12.4. The van der Waals surface area contributed by atoms with E-state index >= 15 is 0 Å². The minimum absolute atomic E-state index is 0.0725. The van der Waals surface area contributed by atoms with Gasteiger partial charge in [-0.1, -0.05) is 18.2 Å². The standard InChI is InChI=1S/C30H26N2O4S2/c1-17(2)36-21-11-9-20(10-12-21)28(33)32-30-27(29-31-22-6-4-5-7-25(22)37-29)18(3)26(38-30)15-19-8-13-23-24(14-19)35-16-34-23/h4-14,17H,15-16H2,1-3H3,(H,32,33). The predicted octanol–water partition coefficient (Wildman–Crippen LogP) is 7.69. The van der Waals surface area contributed by atoms with Gasteiger partial charge in [0.2, 0.25) is 6.79 Å². The zero-order valence-electron chi connectivity index (χ0n) is 21.2. The number of aromatic nitrogens is 1. The highest BCUT2D eigenvalue weighted by Gasteiger charge is 2.23. The number of para-hydroxylation sites is 1. The van der Waals surface area contributed by atoms with Crippen molar-refractivity contribution >= 4 is 43.8 Å². The molecule has 8 heteroatoms. The minimum atomic E-state index is -0.167. The number of amides is 1. The molecule has 3 heterocycles. The van der Waals surface area contributed by atoms with Gasteiger partial charge >= 0.3 is 0 Å². The fraction of sp³-hybridized carbons (Fsp3) is 0.200. The van der Waals surface area contributed by atoms with E-state index in [1.165, 1.54) is 0 Å². The van der Waals surface area contributed by atoms with Crippen molar-refractivity contribution in [3.8, 4) is 27.8 Å². The maximum absolute atomic E-state index is 13.3. The van der Waals surface area contributed by atoms with Crippen molar-refractivity contribution in [2.24, 2.45) is 0 Å². The van der Waals surface area contributed by atoms with E-state index in [9.17, 15) is 4.79 Å². The molecule has 6 rings (SSSR count). The molecule has 6 nitrogen and oxygen atoms in total. The van der Waals surface area contributed by atoms with E-state index in [0.717, 1.165) is 59.0 Å². The van der Waals surface area contributed by atoms with E-state index < -0.39 is 0 Å². The molecule has 38 heavy (non-hydrogen) atoms. The number of fused-ring (bicyclic) bond motifs is 2. The lowest BCUT2D eigenvalue weighted by atomic mass is 10.1. The fourth-order valence-electron chi connectivity index (χ4n) is 4.42. The van der Waals surface area contributed by atoms with Crippen LogP contribution in [0.2, 0.25) is 0 Å². The third kappa shape index (κ3) is 4.85. The van der Waals surface area contributed by atoms with Gasteiger partial charge in [-0.3, -0.25) is 4.79 Å². The van der Waals surface area contributed by atoms with Gasteiger partial charge in [0.05, 0.1) is 16.3 Å². The molecule has 1 aliphatic heterocycles. The molecule has 0 saturated heterocycles. The average Bonchev–Trinajstić information content (AvgIpc) is 3.61. The second-order valence-corrected chi connectivity index (χ2v) is 11.5. The van der Waals surface area contributed by atoms with Crippen LogP contribution in [0.5, 0.6) is 17.2 Å². The molecular formula is C30H26N2O4S2. The van der Waals surface area contributed by atoms with Crippen LogP contribution < -0.4 is 19.5 Å². The first-order chi connectivity index (χ1) is 18.4. The van der Waals surface area contributed by atoms with Gasteiger partial charge in [0.1, 0.15) is 15.8 Å². The average molecular weight is 543 g/mol. The summed E-state index contributed by atoms with van der Waals surface area (Å²) in [4.78, 5) is 19.4. The Balaban J connectivity index is 1.35. The molecule has 0 radical (unpaired) electrons. The van der Waals surface area contributed by atoms with E-state index in [0.29, 0.717) is 12.0 Å². The van der Waals surface area contributed by atoms with E-state index in [1.54, 1.807) is 34.8 Å². The maximum Gasteiger partial charge on any atom is 0.256 e. The second kappa shape index (κ2) is 10.1. The molecule has 0 bridgehead atoms. The summed E-state index contributed by atoms with van der Waals surface area (Å²) in [6.45, 7) is 6.31. The summed E-state index contributed by atoms with van der Waals surface area (Å²) >= 11 is 3.23. The van der Waals surface area contributed by atoms with Crippen molar-refractivity contribution in [1.82, 2.24) is 4.98 Å². The van der Waals surface area contributed by atoms with Gasteiger partial charge in [0, 0.05) is 22.4 Å². The van der Waals surface area contributed by atoms with Crippen LogP contribution in [0.1, 0.15) is 40.2 Å². The first-order valence-corrected chi connectivity index (χ1v) is 14.0. The van der Waals surface area contributed by atoms with Gasteiger partial charge in [0.15, 0.2) is 11.5 Å². The van der Waals surface area contributed by atoms with Crippen LogP contribution in [-0.2, 0) is 6.42 Å². The van der Waals surface area contributed by atoms with Crippen molar-refractivity contribution in [3.63, 3.8) is 0 Å². The Hall–Kier alpha value is -3.88. The lowest BCUT2D eigenvalue weighted by Crippen LogP contribution is -2.12. The highest BCUT2D eigenvalue weighted by molar-refractivity contribution is 7.23. The summed E-state index contributed by atoms with van der Waals surface area (Å²) in [5.74, 6) is 2.11. The van der Waals surface area contributed by atoms with Gasteiger partial charge in [-0.15, -0.1) is 22.7 Å². The molecular weight excluding hydrogens is 516 g/mol. The Bertz CT molecular complexity index is 1600. The van der Waals surface area contributed by atoms with Crippen molar-refractivity contribution in [3.05, 3.63) is 88.3 Å². The second-order valence-electron chi connectivity index (χ2n) is 9.35. The number of benzene rings is 3. The SMILES string of the molecule is Cc1c(Cc2ccc3c(c2)OCO3)sc(NC(=O)c2ccc(OC(C)C)cc2)c1-c1nc2ccccc2s1. The Kier molecular flexibility index (Phi) is 6.51. The molecule has 1 amide bonds. The number of carbonyl (C=O) groups is 1. The third-order valence-electron chi connectivity index (χ3n) is 6.27. The first kappa shape index (κ1) is 24.5. The summed E-state index contributed by atoms with van der Waals surface area (Å²) in [6.07, 6.45) is 0.783. The van der Waals surface area contributed by atoms with E-state index in [2.05, 4.69) is 24.4 Å². The molecule has 0 atom stereocenters. The quantitative estimate of drug-likeness (QED) is 0.228. The molecule has 1 aliphatic rings. The molecule has 1 N–H and O–H groups in total. The summed E-state index contributed by atoms with van der Waals surface area (Å²) in [5, 5.41) is 4.87. The van der Waals surface area contributed by atoms with Gasteiger partial charge in [-0.05, 0) is 80.4 Å². The van der Waals surface area contributed by atoms with E-state index in [1.807, 2.05) is 56.3 Å². The lowest BCUT2D eigenvalue weighted by Gasteiger charge is -2.10. The van der Waals surface area contributed by atoms with Crippen LogP contribution in [-0.4, -0.2) is 23.8 Å². The number of ether oxygens (including phenoxy) is 3. The molecule has 3 aromatic carbocycles. The number of thiophene rings is 1. The van der Waals surface area contributed by atoms with E-state index in [4.69, 9.17) is 19.2 Å². The lowest BCUT2D eigenvalue weighted by molar-refractivity contribution is 0.102. The van der Waals surface area contributed by atoms with E-state index in [-0.39, 0.29) is 18.8 Å². The number of carbonyl (C=O) groups excluding carboxylic acids is 1. The van der Waals surface area contributed by atoms with Crippen LogP contribution in [0.4, 0.5) is 5.00 Å². The molecule has 2 aromatic heterocycles. The largest absolute Gasteiger partial charge is 0.491 e. The maximum atomic E-state index is 13.3. The Morgan fingerprint density at radius 1 is 1.03 bits per heavy atom. The van der Waals surface area contributed by atoms with Crippen LogP contribution in [0.3, 0.4) is 0 Å². The van der Waals surface area contributed by atoms with Crippen molar-refractivity contribution < 1.29 is 19.0 Å². The minimum Gasteiger partial charge on any atom is -0.491 e. The van der Waals surface area contributed by atoms with Crippen molar-refractivity contribution in [1.29, 1.82) is 0 Å². The topological polar surface area (TPSA) is 69.7 Å². The highest BCUT2D eigenvalue weighted by Crippen LogP contribution is 2.44. The summed E-state index contributed by atoms with van der Waals surface area (Å²) in [7, 11) is 0. The fourth-order valence-corrected chi connectivity index (χ4v) is 6.80. The van der Waals surface area contributed by atoms with Gasteiger partial charge in [-0.2, -0.15) is 0 Å². The molecule has 0 spiro atoms. The predicted molar refractivity (Wildman–Crippen MR) is 153 cm³/mol. The zero-order chi connectivity index (χ0) is 26.2. The summed E-state index contributed by atoms with van der Waals surface area (Å²) in [6, 6.07) is 21.4. The van der Waals surface area contributed by atoms with Gasteiger partial charge in [-0.25, -0.2) is 4.98 Å². The Morgan fingerprint density at radius 3 is 2.61 bits per heavy atom. The number of thiazole rings is 1. The van der Waals surface area contributed by atoms with Crippen molar-refractivity contribution in [2.75, 3.05) is 12.1 Å². The highest BCUT2D eigenvalue weighted by atomic mass is 32.1. The van der Waals surface area contributed by atoms with Gasteiger partial charge in [0.25, 0.3) is 5.91 Å². The molecule has 192 valence electrons. The van der Waals surface area contributed by atoms with Gasteiger partial charge < -0.3 is 19.5 Å². The van der Waals surface area contributed by atoms with Crippen LogP contribution in [0.15, 0.2) is 66.7 Å². The molecule has 0 aliphatic carbocycles.